The largest absolute Gasteiger partial charge is 0.393 e. The molecule has 6 nitrogen and oxygen atoms in total. The maximum Gasteiger partial charge on any atom is 0.292 e. The summed E-state index contributed by atoms with van der Waals surface area (Å²) in [5, 5.41) is 13.5. The van der Waals surface area contributed by atoms with Gasteiger partial charge in [0, 0.05) is 12.6 Å². The summed E-state index contributed by atoms with van der Waals surface area (Å²) >= 11 is 0. The lowest BCUT2D eigenvalue weighted by Crippen LogP contribution is -2.24. The zero-order valence-corrected chi connectivity index (χ0v) is 11.5. The molecule has 0 fully saturated rings. The number of anilines is 1. The van der Waals surface area contributed by atoms with Crippen molar-refractivity contribution in [2.45, 2.75) is 13.5 Å². The van der Waals surface area contributed by atoms with Crippen LogP contribution in [0.5, 0.6) is 0 Å². The highest BCUT2D eigenvalue weighted by Gasteiger charge is 2.18. The predicted molar refractivity (Wildman–Crippen MR) is 79.9 cm³/mol. The van der Waals surface area contributed by atoms with Gasteiger partial charge in [-0.25, -0.2) is 0 Å². The highest BCUT2D eigenvalue weighted by atomic mass is 16.6. The Labute approximate surface area is 121 Å². The third-order valence-electron chi connectivity index (χ3n) is 3.23. The van der Waals surface area contributed by atoms with Gasteiger partial charge in [0.15, 0.2) is 0 Å². The Hall–Kier alpha value is -2.89. The number of nitrogens with one attached hydrogen (secondary N) is 1. The van der Waals surface area contributed by atoms with Gasteiger partial charge in [-0.2, -0.15) is 0 Å². The molecule has 1 amide bonds. The molecule has 0 atom stereocenters. The number of para-hydroxylation sites is 1. The van der Waals surface area contributed by atoms with Gasteiger partial charge in [-0.3, -0.25) is 14.9 Å². The number of hydrogen-bond acceptors (Lipinski definition) is 4. The Morgan fingerprint density at radius 1 is 1.24 bits per heavy atom. The van der Waals surface area contributed by atoms with Crippen LogP contribution in [0, 0.1) is 17.0 Å². The number of nitrogens with two attached hydrogens (primary N) is 1. The molecule has 0 radical (unpaired) electrons. The maximum atomic E-state index is 12.1. The van der Waals surface area contributed by atoms with E-state index in [0.717, 1.165) is 11.1 Å². The summed E-state index contributed by atoms with van der Waals surface area (Å²) in [4.78, 5) is 22.3. The van der Waals surface area contributed by atoms with E-state index in [1.807, 2.05) is 31.2 Å². The lowest BCUT2D eigenvalue weighted by molar-refractivity contribution is -0.383. The molecule has 6 heteroatoms. The number of rotatable bonds is 4. The van der Waals surface area contributed by atoms with E-state index in [1.54, 1.807) is 0 Å². The normalized spacial score (nSPS) is 10.1. The van der Waals surface area contributed by atoms with Crippen molar-refractivity contribution >= 4 is 17.3 Å². The number of nitrogen functional groups attached to an aromatic ring is 1. The fourth-order valence-corrected chi connectivity index (χ4v) is 1.99. The molecule has 2 aromatic carbocycles. The first-order valence-corrected chi connectivity index (χ1v) is 6.36. The molecule has 0 heterocycles. The minimum absolute atomic E-state index is 0.109. The number of hydrogen-bond donors (Lipinski definition) is 2. The number of carbonyl (C=O) groups excluding carboxylic acids is 1. The molecule has 0 aliphatic heterocycles. The molecular formula is C15H15N3O3. The van der Waals surface area contributed by atoms with Crippen molar-refractivity contribution in [2.75, 3.05) is 5.73 Å². The summed E-state index contributed by atoms with van der Waals surface area (Å²) < 4.78 is 0. The topological polar surface area (TPSA) is 98.3 Å². The lowest BCUT2D eigenvalue weighted by atomic mass is 10.1. The van der Waals surface area contributed by atoms with Crippen molar-refractivity contribution in [1.82, 2.24) is 5.32 Å². The van der Waals surface area contributed by atoms with Crippen molar-refractivity contribution < 1.29 is 9.72 Å². The Balaban J connectivity index is 2.16. The second-order valence-corrected chi connectivity index (χ2v) is 4.60. The molecular weight excluding hydrogens is 270 g/mol. The minimum atomic E-state index is -0.604. The van der Waals surface area contributed by atoms with E-state index < -0.39 is 10.8 Å². The number of nitrogens with zero attached hydrogens (tertiary/aromatic N) is 1. The van der Waals surface area contributed by atoms with E-state index in [9.17, 15) is 14.9 Å². The first kappa shape index (κ1) is 14.5. The Morgan fingerprint density at radius 3 is 2.62 bits per heavy atom. The van der Waals surface area contributed by atoms with Crippen molar-refractivity contribution in [2.24, 2.45) is 0 Å². The van der Waals surface area contributed by atoms with Gasteiger partial charge in [-0.05, 0) is 24.1 Å². The molecule has 0 bridgehead atoms. The third kappa shape index (κ3) is 3.17. The van der Waals surface area contributed by atoms with E-state index in [0.29, 0.717) is 6.54 Å². The summed E-state index contributed by atoms with van der Waals surface area (Å²) in [6.07, 6.45) is 0. The van der Waals surface area contributed by atoms with Crippen molar-refractivity contribution in [3.63, 3.8) is 0 Å². The van der Waals surface area contributed by atoms with Crippen LogP contribution in [0.2, 0.25) is 0 Å². The molecule has 0 saturated carbocycles. The van der Waals surface area contributed by atoms with Gasteiger partial charge in [0.05, 0.1) is 10.5 Å². The molecule has 0 aliphatic carbocycles. The standard InChI is InChI=1S/C15H15N3O3/c1-10-5-2-3-6-11(10)9-17-15(19)12-7-4-8-13(14(12)16)18(20)21/h2-8H,9,16H2,1H3,(H,17,19). The first-order chi connectivity index (χ1) is 10.0. The van der Waals surface area contributed by atoms with Crippen LogP contribution in [0.3, 0.4) is 0 Å². The fraction of sp³-hybridized carbons (Fsp3) is 0.133. The fourth-order valence-electron chi connectivity index (χ4n) is 1.99. The molecule has 0 aromatic heterocycles. The number of nitro benzene ring substituents is 1. The van der Waals surface area contributed by atoms with Crippen LogP contribution in [0.15, 0.2) is 42.5 Å². The second kappa shape index (κ2) is 6.04. The molecule has 0 spiro atoms. The molecule has 2 aromatic rings. The van der Waals surface area contributed by atoms with Crippen molar-refractivity contribution in [3.8, 4) is 0 Å². The monoisotopic (exact) mass is 285 g/mol. The van der Waals surface area contributed by atoms with Crippen LogP contribution in [-0.4, -0.2) is 10.8 Å². The van der Waals surface area contributed by atoms with Crippen molar-refractivity contribution in [3.05, 3.63) is 69.3 Å². The molecule has 21 heavy (non-hydrogen) atoms. The van der Waals surface area contributed by atoms with Gasteiger partial charge in [0.2, 0.25) is 0 Å². The van der Waals surface area contributed by atoms with Gasteiger partial charge in [0.25, 0.3) is 11.6 Å². The average Bonchev–Trinajstić information content (AvgIpc) is 2.46. The lowest BCUT2D eigenvalue weighted by Gasteiger charge is -2.09. The molecule has 0 aliphatic rings. The predicted octanol–water partition coefficient (Wildman–Crippen LogP) is 2.42. The summed E-state index contributed by atoms with van der Waals surface area (Å²) in [5.74, 6) is -0.431. The van der Waals surface area contributed by atoms with Crippen LogP contribution in [-0.2, 0) is 6.54 Å². The SMILES string of the molecule is Cc1ccccc1CNC(=O)c1cccc([N+](=O)[O-])c1N. The number of aryl methyl sites for hydroxylation is 1. The Morgan fingerprint density at radius 2 is 1.95 bits per heavy atom. The summed E-state index contributed by atoms with van der Waals surface area (Å²) in [7, 11) is 0. The summed E-state index contributed by atoms with van der Waals surface area (Å²) in [6, 6.07) is 11.8. The smallest absolute Gasteiger partial charge is 0.292 e. The minimum Gasteiger partial charge on any atom is -0.393 e. The van der Waals surface area contributed by atoms with E-state index in [-0.39, 0.29) is 16.9 Å². The molecule has 3 N–H and O–H groups in total. The van der Waals surface area contributed by atoms with Crippen LogP contribution < -0.4 is 11.1 Å². The van der Waals surface area contributed by atoms with E-state index in [4.69, 9.17) is 5.73 Å². The maximum absolute atomic E-state index is 12.1. The first-order valence-electron chi connectivity index (χ1n) is 6.36. The van der Waals surface area contributed by atoms with Gasteiger partial charge < -0.3 is 11.1 Å². The zero-order chi connectivity index (χ0) is 15.4. The third-order valence-corrected chi connectivity index (χ3v) is 3.23. The Kier molecular flexibility index (Phi) is 4.18. The van der Waals surface area contributed by atoms with Gasteiger partial charge in [-0.15, -0.1) is 0 Å². The van der Waals surface area contributed by atoms with Crippen LogP contribution in [0.4, 0.5) is 11.4 Å². The highest BCUT2D eigenvalue weighted by Crippen LogP contribution is 2.24. The molecule has 2 rings (SSSR count). The average molecular weight is 285 g/mol. The number of carbonyl (C=O) groups is 1. The number of benzene rings is 2. The van der Waals surface area contributed by atoms with Gasteiger partial charge in [0.1, 0.15) is 5.69 Å². The van der Waals surface area contributed by atoms with Gasteiger partial charge in [-0.1, -0.05) is 30.3 Å². The molecule has 0 saturated heterocycles. The number of nitro groups is 1. The zero-order valence-electron chi connectivity index (χ0n) is 11.5. The van der Waals surface area contributed by atoms with Crippen LogP contribution in [0.25, 0.3) is 0 Å². The van der Waals surface area contributed by atoms with Crippen LogP contribution >= 0.6 is 0 Å². The van der Waals surface area contributed by atoms with Crippen LogP contribution in [0.1, 0.15) is 21.5 Å². The highest BCUT2D eigenvalue weighted by molar-refractivity contribution is 6.00. The number of amides is 1. The quantitative estimate of drug-likeness (QED) is 0.512. The Bertz CT molecular complexity index is 698. The molecule has 108 valence electrons. The second-order valence-electron chi connectivity index (χ2n) is 4.60. The summed E-state index contributed by atoms with van der Waals surface area (Å²) in [6.45, 7) is 2.29. The van der Waals surface area contributed by atoms with Crippen molar-refractivity contribution in [1.29, 1.82) is 0 Å². The van der Waals surface area contributed by atoms with Gasteiger partial charge >= 0.3 is 0 Å². The van der Waals surface area contributed by atoms with E-state index >= 15 is 0 Å². The molecule has 0 unspecified atom stereocenters. The van der Waals surface area contributed by atoms with E-state index in [1.165, 1.54) is 18.2 Å². The van der Waals surface area contributed by atoms with E-state index in [2.05, 4.69) is 5.32 Å². The summed E-state index contributed by atoms with van der Waals surface area (Å²) in [5.41, 5.74) is 7.45.